The summed E-state index contributed by atoms with van der Waals surface area (Å²) in [6.45, 7) is 2.39. The molecule has 5 nitrogen and oxygen atoms in total. The number of nitrogens with one attached hydrogen (secondary N) is 1. The lowest BCUT2D eigenvalue weighted by Gasteiger charge is -2.42. The van der Waals surface area contributed by atoms with Crippen molar-refractivity contribution in [2.75, 3.05) is 6.61 Å². The molecule has 1 aliphatic rings. The van der Waals surface area contributed by atoms with Crippen molar-refractivity contribution in [3.8, 4) is 0 Å². The van der Waals surface area contributed by atoms with Gasteiger partial charge in [-0.1, -0.05) is 23.7 Å². The van der Waals surface area contributed by atoms with E-state index in [0.717, 1.165) is 0 Å². The van der Waals surface area contributed by atoms with Crippen LogP contribution in [0.3, 0.4) is 0 Å². The van der Waals surface area contributed by atoms with Gasteiger partial charge in [0.05, 0.1) is 17.2 Å². The third-order valence-corrected chi connectivity index (χ3v) is 5.12. The number of sulfonamides is 1. The van der Waals surface area contributed by atoms with Crippen molar-refractivity contribution in [1.82, 2.24) is 4.72 Å². The Labute approximate surface area is 118 Å². The van der Waals surface area contributed by atoms with E-state index >= 15 is 0 Å². The summed E-state index contributed by atoms with van der Waals surface area (Å²) >= 11 is 5.91. The third kappa shape index (κ3) is 3.09. The maximum Gasteiger partial charge on any atom is 0.242 e. The van der Waals surface area contributed by atoms with Gasteiger partial charge in [-0.15, -0.1) is 0 Å². The van der Waals surface area contributed by atoms with E-state index in [1.54, 1.807) is 12.1 Å². The maximum absolute atomic E-state index is 12.2. The maximum atomic E-state index is 12.2. The van der Waals surface area contributed by atoms with E-state index < -0.39 is 16.1 Å². The second-order valence-electron chi connectivity index (χ2n) is 4.47. The Bertz CT molecular complexity index is 548. The topological polar surface area (TPSA) is 81.4 Å². The smallest absolute Gasteiger partial charge is 0.242 e. The molecule has 2 rings (SSSR count). The van der Waals surface area contributed by atoms with Crippen molar-refractivity contribution in [2.24, 2.45) is 5.73 Å². The number of halogens is 1. The molecular formula is C12H17ClN2O3S. The van der Waals surface area contributed by atoms with Crippen LogP contribution in [0.25, 0.3) is 0 Å². The van der Waals surface area contributed by atoms with Crippen LogP contribution in [0.4, 0.5) is 0 Å². The number of rotatable bonds is 5. The lowest BCUT2D eigenvalue weighted by atomic mass is 9.84. The average molecular weight is 305 g/mol. The lowest BCUT2D eigenvalue weighted by molar-refractivity contribution is -0.0248. The monoisotopic (exact) mass is 304 g/mol. The zero-order valence-corrected chi connectivity index (χ0v) is 12.1. The Hall–Kier alpha value is -0.660. The summed E-state index contributed by atoms with van der Waals surface area (Å²) in [6, 6.07) is 5.68. The van der Waals surface area contributed by atoms with Crippen molar-refractivity contribution in [1.29, 1.82) is 0 Å². The Morgan fingerprint density at radius 1 is 1.47 bits per heavy atom. The fourth-order valence-electron chi connectivity index (χ4n) is 2.10. The molecule has 19 heavy (non-hydrogen) atoms. The first-order valence-electron chi connectivity index (χ1n) is 6.09. The molecule has 3 N–H and O–H groups in total. The summed E-state index contributed by atoms with van der Waals surface area (Å²) in [4.78, 5) is 0.0611. The molecule has 0 heterocycles. The van der Waals surface area contributed by atoms with Crippen molar-refractivity contribution in [3.63, 3.8) is 0 Å². The fourth-order valence-corrected chi connectivity index (χ4v) is 3.93. The van der Waals surface area contributed by atoms with Crippen LogP contribution >= 0.6 is 11.6 Å². The second kappa shape index (κ2) is 5.76. The average Bonchev–Trinajstić information content (AvgIpc) is 2.36. The quantitative estimate of drug-likeness (QED) is 0.854. The summed E-state index contributed by atoms with van der Waals surface area (Å²) < 4.78 is 32.5. The van der Waals surface area contributed by atoms with Crippen LogP contribution in [0.5, 0.6) is 0 Å². The summed E-state index contributed by atoms with van der Waals surface area (Å²) in [7, 11) is -3.68. The molecule has 0 radical (unpaired) electrons. The standard InChI is InChI=1S/C12H17ClN2O3S/c1-2-18-10-7-9(14)12(10)15-19(16,17)11-6-4-3-5-8(11)13/h3-6,9-10,12,15H,2,7,14H2,1H3. The van der Waals surface area contributed by atoms with Crippen LogP contribution in [-0.2, 0) is 14.8 Å². The molecule has 7 heteroatoms. The van der Waals surface area contributed by atoms with Gasteiger partial charge in [-0.3, -0.25) is 0 Å². The van der Waals surface area contributed by atoms with Gasteiger partial charge in [-0.25, -0.2) is 13.1 Å². The van der Waals surface area contributed by atoms with Gasteiger partial charge < -0.3 is 10.5 Å². The molecule has 0 aliphatic heterocycles. The lowest BCUT2D eigenvalue weighted by Crippen LogP contribution is -2.64. The molecule has 0 bridgehead atoms. The number of benzene rings is 1. The molecule has 1 aromatic rings. The van der Waals surface area contributed by atoms with E-state index in [1.807, 2.05) is 6.92 Å². The van der Waals surface area contributed by atoms with Gasteiger partial charge in [0, 0.05) is 12.6 Å². The van der Waals surface area contributed by atoms with Crippen LogP contribution in [0.2, 0.25) is 5.02 Å². The van der Waals surface area contributed by atoms with Crippen LogP contribution in [0, 0.1) is 0 Å². The van der Waals surface area contributed by atoms with Gasteiger partial charge in [0.15, 0.2) is 0 Å². The van der Waals surface area contributed by atoms with Crippen LogP contribution < -0.4 is 10.5 Å². The molecule has 0 spiro atoms. The molecule has 0 amide bonds. The summed E-state index contributed by atoms with van der Waals surface area (Å²) in [5.74, 6) is 0. The van der Waals surface area contributed by atoms with E-state index in [0.29, 0.717) is 13.0 Å². The van der Waals surface area contributed by atoms with E-state index in [4.69, 9.17) is 22.1 Å². The number of hydrogen-bond donors (Lipinski definition) is 2. The largest absolute Gasteiger partial charge is 0.377 e. The minimum absolute atomic E-state index is 0.0611. The van der Waals surface area contributed by atoms with Gasteiger partial charge in [-0.05, 0) is 25.5 Å². The summed E-state index contributed by atoms with van der Waals surface area (Å²) in [5, 5.41) is 0.191. The Balaban J connectivity index is 2.16. The number of ether oxygens (including phenoxy) is 1. The molecule has 0 saturated heterocycles. The molecule has 106 valence electrons. The van der Waals surface area contributed by atoms with E-state index in [9.17, 15) is 8.42 Å². The van der Waals surface area contributed by atoms with Gasteiger partial charge in [0.2, 0.25) is 10.0 Å². The van der Waals surface area contributed by atoms with Crippen molar-refractivity contribution < 1.29 is 13.2 Å². The predicted molar refractivity (Wildman–Crippen MR) is 73.6 cm³/mol. The Kier molecular flexibility index (Phi) is 4.47. The SMILES string of the molecule is CCOC1CC(N)C1NS(=O)(=O)c1ccccc1Cl. The van der Waals surface area contributed by atoms with Gasteiger partial charge in [0.25, 0.3) is 0 Å². The van der Waals surface area contributed by atoms with E-state index in [2.05, 4.69) is 4.72 Å². The predicted octanol–water partition coefficient (Wildman–Crippen LogP) is 1.12. The zero-order chi connectivity index (χ0) is 14.0. The van der Waals surface area contributed by atoms with E-state index in [-0.39, 0.29) is 22.1 Å². The van der Waals surface area contributed by atoms with Crippen molar-refractivity contribution in [3.05, 3.63) is 29.3 Å². The Morgan fingerprint density at radius 2 is 2.16 bits per heavy atom. The van der Waals surface area contributed by atoms with Gasteiger partial charge in [-0.2, -0.15) is 0 Å². The van der Waals surface area contributed by atoms with Crippen molar-refractivity contribution in [2.45, 2.75) is 36.4 Å². The van der Waals surface area contributed by atoms with Crippen molar-refractivity contribution >= 4 is 21.6 Å². The van der Waals surface area contributed by atoms with Crippen LogP contribution in [-0.4, -0.2) is 33.2 Å². The first-order chi connectivity index (χ1) is 8.95. The zero-order valence-electron chi connectivity index (χ0n) is 10.5. The summed E-state index contributed by atoms with van der Waals surface area (Å²) in [5.41, 5.74) is 5.83. The molecule has 1 aliphatic carbocycles. The van der Waals surface area contributed by atoms with E-state index in [1.165, 1.54) is 12.1 Å². The minimum Gasteiger partial charge on any atom is -0.377 e. The highest BCUT2D eigenvalue weighted by molar-refractivity contribution is 7.89. The minimum atomic E-state index is -3.68. The fraction of sp³-hybridized carbons (Fsp3) is 0.500. The van der Waals surface area contributed by atoms with Crippen LogP contribution in [0.15, 0.2) is 29.2 Å². The molecule has 0 aromatic heterocycles. The molecule has 1 aromatic carbocycles. The highest BCUT2D eigenvalue weighted by atomic mass is 35.5. The molecule has 1 fully saturated rings. The normalized spacial score (nSPS) is 27.0. The first-order valence-corrected chi connectivity index (χ1v) is 7.96. The molecular weight excluding hydrogens is 288 g/mol. The van der Waals surface area contributed by atoms with Gasteiger partial charge >= 0.3 is 0 Å². The number of nitrogens with two attached hydrogens (primary N) is 1. The summed E-state index contributed by atoms with van der Waals surface area (Å²) in [6.07, 6.45) is 0.487. The molecule has 3 unspecified atom stereocenters. The second-order valence-corrected chi connectivity index (χ2v) is 6.56. The molecule has 3 atom stereocenters. The third-order valence-electron chi connectivity index (χ3n) is 3.16. The first kappa shape index (κ1) is 14.7. The van der Waals surface area contributed by atoms with Gasteiger partial charge in [0.1, 0.15) is 4.90 Å². The highest BCUT2D eigenvalue weighted by Gasteiger charge is 2.42. The molecule has 1 saturated carbocycles. The Morgan fingerprint density at radius 3 is 2.74 bits per heavy atom. The number of hydrogen-bond acceptors (Lipinski definition) is 4. The van der Waals surface area contributed by atoms with Crippen LogP contribution in [0.1, 0.15) is 13.3 Å². The highest BCUT2D eigenvalue weighted by Crippen LogP contribution is 2.26.